The minimum absolute atomic E-state index is 0.109. The van der Waals surface area contributed by atoms with Crippen molar-refractivity contribution in [2.24, 2.45) is 5.92 Å². The number of fused-ring (bicyclic) bond motifs is 1. The Balaban J connectivity index is 1.96. The summed E-state index contributed by atoms with van der Waals surface area (Å²) in [5.41, 5.74) is 2.23. The van der Waals surface area contributed by atoms with E-state index in [1.807, 2.05) is 6.07 Å². The predicted molar refractivity (Wildman–Crippen MR) is 69.9 cm³/mol. The standard InChI is InChI=1S/C15H18O4/c1-18-13-7-11(6-10-4-5-19-15(10)13)12(8-14(16)17)9-2-3-9/h6-7,9,12H,2-5,8H2,1H3,(H,16,17). The Kier molecular flexibility index (Phi) is 3.09. The van der Waals surface area contributed by atoms with Crippen LogP contribution in [0.15, 0.2) is 12.1 Å². The fraction of sp³-hybridized carbons (Fsp3) is 0.533. The zero-order valence-corrected chi connectivity index (χ0v) is 11.0. The van der Waals surface area contributed by atoms with E-state index in [1.54, 1.807) is 7.11 Å². The molecule has 0 aromatic heterocycles. The molecular weight excluding hydrogens is 244 g/mol. The van der Waals surface area contributed by atoms with Crippen LogP contribution in [0.1, 0.15) is 36.3 Å². The minimum atomic E-state index is -0.729. The van der Waals surface area contributed by atoms with Crippen molar-refractivity contribution in [2.75, 3.05) is 13.7 Å². The van der Waals surface area contributed by atoms with Gasteiger partial charge in [-0.3, -0.25) is 4.79 Å². The highest BCUT2D eigenvalue weighted by Gasteiger charge is 2.35. The van der Waals surface area contributed by atoms with E-state index in [0.29, 0.717) is 12.5 Å². The second-order valence-electron chi connectivity index (χ2n) is 5.35. The molecule has 1 heterocycles. The number of methoxy groups -OCH3 is 1. The zero-order chi connectivity index (χ0) is 13.4. The van der Waals surface area contributed by atoms with E-state index in [9.17, 15) is 4.79 Å². The van der Waals surface area contributed by atoms with Gasteiger partial charge < -0.3 is 14.6 Å². The smallest absolute Gasteiger partial charge is 0.303 e. The molecule has 19 heavy (non-hydrogen) atoms. The van der Waals surface area contributed by atoms with Gasteiger partial charge in [-0.05, 0) is 36.3 Å². The maximum Gasteiger partial charge on any atom is 0.303 e. The maximum absolute atomic E-state index is 11.0. The first kappa shape index (κ1) is 12.3. The molecular formula is C15H18O4. The van der Waals surface area contributed by atoms with Crippen molar-refractivity contribution in [1.82, 2.24) is 0 Å². The molecule has 1 saturated carbocycles. The van der Waals surface area contributed by atoms with Crippen LogP contribution in [0.25, 0.3) is 0 Å². The highest BCUT2D eigenvalue weighted by molar-refractivity contribution is 5.68. The van der Waals surface area contributed by atoms with Crippen LogP contribution in [0.5, 0.6) is 11.5 Å². The topological polar surface area (TPSA) is 55.8 Å². The Morgan fingerprint density at radius 1 is 1.53 bits per heavy atom. The molecule has 2 aliphatic rings. The molecule has 1 aromatic carbocycles. The number of carbonyl (C=O) groups is 1. The molecule has 4 heteroatoms. The lowest BCUT2D eigenvalue weighted by Gasteiger charge is -2.17. The quantitative estimate of drug-likeness (QED) is 0.886. The molecule has 0 bridgehead atoms. The zero-order valence-electron chi connectivity index (χ0n) is 11.0. The third-order valence-corrected chi connectivity index (χ3v) is 4.01. The summed E-state index contributed by atoms with van der Waals surface area (Å²) in [5, 5.41) is 9.09. The fourth-order valence-electron chi connectivity index (χ4n) is 2.91. The number of hydrogen-bond acceptors (Lipinski definition) is 3. The molecule has 0 spiro atoms. The number of rotatable bonds is 5. The molecule has 3 rings (SSSR count). The number of carboxylic acid groups (broad SMARTS) is 1. The Hall–Kier alpha value is -1.71. The molecule has 1 N–H and O–H groups in total. The van der Waals surface area contributed by atoms with E-state index in [4.69, 9.17) is 14.6 Å². The lowest BCUT2D eigenvalue weighted by Crippen LogP contribution is -2.09. The summed E-state index contributed by atoms with van der Waals surface area (Å²) >= 11 is 0. The Bertz CT molecular complexity index is 505. The van der Waals surface area contributed by atoms with Crippen molar-refractivity contribution in [1.29, 1.82) is 0 Å². The summed E-state index contributed by atoms with van der Waals surface area (Å²) in [6.07, 6.45) is 3.35. The van der Waals surface area contributed by atoms with Gasteiger partial charge in [0.1, 0.15) is 0 Å². The van der Waals surface area contributed by atoms with E-state index in [1.165, 1.54) is 0 Å². The lowest BCUT2D eigenvalue weighted by atomic mass is 9.89. The second-order valence-corrected chi connectivity index (χ2v) is 5.35. The number of hydrogen-bond donors (Lipinski definition) is 1. The van der Waals surface area contributed by atoms with E-state index < -0.39 is 5.97 Å². The average molecular weight is 262 g/mol. The van der Waals surface area contributed by atoms with Gasteiger partial charge in [0.2, 0.25) is 0 Å². The molecule has 1 aromatic rings. The number of benzene rings is 1. The van der Waals surface area contributed by atoms with Crippen molar-refractivity contribution in [3.8, 4) is 11.5 Å². The minimum Gasteiger partial charge on any atom is -0.493 e. The van der Waals surface area contributed by atoms with Crippen LogP contribution in [-0.2, 0) is 11.2 Å². The first-order valence-electron chi connectivity index (χ1n) is 6.74. The summed E-state index contributed by atoms with van der Waals surface area (Å²) in [7, 11) is 1.63. The molecule has 1 aliphatic carbocycles. The molecule has 0 amide bonds. The van der Waals surface area contributed by atoms with Gasteiger partial charge in [0.05, 0.1) is 20.1 Å². The first-order chi connectivity index (χ1) is 9.19. The monoisotopic (exact) mass is 262 g/mol. The van der Waals surface area contributed by atoms with E-state index >= 15 is 0 Å². The molecule has 4 nitrogen and oxygen atoms in total. The summed E-state index contributed by atoms with van der Waals surface area (Å²) < 4.78 is 11.0. The summed E-state index contributed by atoms with van der Waals surface area (Å²) in [4.78, 5) is 11.0. The first-order valence-corrected chi connectivity index (χ1v) is 6.74. The van der Waals surface area contributed by atoms with Crippen molar-refractivity contribution >= 4 is 5.97 Å². The van der Waals surface area contributed by atoms with Crippen molar-refractivity contribution in [3.05, 3.63) is 23.3 Å². The molecule has 0 saturated heterocycles. The van der Waals surface area contributed by atoms with Crippen LogP contribution in [0.2, 0.25) is 0 Å². The van der Waals surface area contributed by atoms with Crippen LogP contribution in [0, 0.1) is 5.92 Å². The van der Waals surface area contributed by atoms with Gasteiger partial charge in [-0.1, -0.05) is 6.07 Å². The van der Waals surface area contributed by atoms with E-state index in [2.05, 4.69) is 6.07 Å². The molecule has 1 fully saturated rings. The highest BCUT2D eigenvalue weighted by atomic mass is 16.5. The summed E-state index contributed by atoms with van der Waals surface area (Å²) in [5.74, 6) is 1.46. The third kappa shape index (κ3) is 2.39. The number of ether oxygens (including phenoxy) is 2. The van der Waals surface area contributed by atoms with Crippen LogP contribution < -0.4 is 9.47 Å². The average Bonchev–Trinajstić information content (AvgIpc) is 3.12. The van der Waals surface area contributed by atoms with Crippen molar-refractivity contribution in [3.63, 3.8) is 0 Å². The molecule has 1 aliphatic heterocycles. The van der Waals surface area contributed by atoms with Gasteiger partial charge in [-0.15, -0.1) is 0 Å². The van der Waals surface area contributed by atoms with Crippen molar-refractivity contribution in [2.45, 2.75) is 31.6 Å². The second kappa shape index (κ2) is 4.76. The van der Waals surface area contributed by atoms with Crippen LogP contribution in [0.3, 0.4) is 0 Å². The fourth-order valence-corrected chi connectivity index (χ4v) is 2.91. The SMILES string of the molecule is COc1cc(C(CC(=O)O)C2CC2)cc2c1OCC2. The molecule has 0 radical (unpaired) electrons. The van der Waals surface area contributed by atoms with Crippen LogP contribution in [-0.4, -0.2) is 24.8 Å². The lowest BCUT2D eigenvalue weighted by molar-refractivity contribution is -0.137. The molecule has 102 valence electrons. The summed E-state index contributed by atoms with van der Waals surface area (Å²) in [6, 6.07) is 4.06. The maximum atomic E-state index is 11.0. The molecule has 1 unspecified atom stereocenters. The predicted octanol–water partition coefficient (Wildman–Crippen LogP) is 2.60. The van der Waals surface area contributed by atoms with Gasteiger partial charge in [-0.2, -0.15) is 0 Å². The Morgan fingerprint density at radius 3 is 2.95 bits per heavy atom. The Labute approximate surface area is 112 Å². The van der Waals surface area contributed by atoms with Gasteiger partial charge >= 0.3 is 5.97 Å². The number of carboxylic acids is 1. The Morgan fingerprint density at radius 2 is 2.32 bits per heavy atom. The third-order valence-electron chi connectivity index (χ3n) is 4.01. The largest absolute Gasteiger partial charge is 0.493 e. The number of aliphatic carboxylic acids is 1. The van der Waals surface area contributed by atoms with E-state index in [-0.39, 0.29) is 12.3 Å². The van der Waals surface area contributed by atoms with Crippen LogP contribution >= 0.6 is 0 Å². The summed E-state index contributed by atoms with van der Waals surface area (Å²) in [6.45, 7) is 0.683. The van der Waals surface area contributed by atoms with Crippen molar-refractivity contribution < 1.29 is 19.4 Å². The van der Waals surface area contributed by atoms with E-state index in [0.717, 1.165) is 41.9 Å². The van der Waals surface area contributed by atoms with Gasteiger partial charge in [0.15, 0.2) is 11.5 Å². The van der Waals surface area contributed by atoms with Crippen LogP contribution in [0.4, 0.5) is 0 Å². The van der Waals surface area contributed by atoms with Gasteiger partial charge in [0, 0.05) is 12.0 Å². The van der Waals surface area contributed by atoms with Gasteiger partial charge in [-0.25, -0.2) is 0 Å². The highest BCUT2D eigenvalue weighted by Crippen LogP contribution is 2.47. The normalized spacial score (nSPS) is 18.6. The molecule has 1 atom stereocenters. The van der Waals surface area contributed by atoms with Gasteiger partial charge in [0.25, 0.3) is 0 Å².